The number of hydrogen-bond donors (Lipinski definition) is 2. The number of phenolic OH excluding ortho intramolecular Hbond substituents is 1. The van der Waals surface area contributed by atoms with E-state index in [1.54, 1.807) is 19.2 Å². The molecule has 0 fully saturated rings. The maximum atomic E-state index is 10.3. The van der Waals surface area contributed by atoms with Gasteiger partial charge in [0.1, 0.15) is 11.6 Å². The number of aliphatic imine (C=N–C) groups is 2. The van der Waals surface area contributed by atoms with Crippen LogP contribution >= 0.6 is 0 Å². The van der Waals surface area contributed by atoms with Crippen LogP contribution in [0.25, 0.3) is 0 Å². The molecule has 3 aliphatic rings. The number of benzene rings is 2. The van der Waals surface area contributed by atoms with E-state index < -0.39 is 0 Å². The Morgan fingerprint density at radius 2 is 1.79 bits per heavy atom. The zero-order valence-corrected chi connectivity index (χ0v) is 16.2. The molecule has 2 aromatic carbocycles. The van der Waals surface area contributed by atoms with Crippen LogP contribution in [0.2, 0.25) is 0 Å². The largest absolute Gasteiger partial charge is 0.507 e. The van der Waals surface area contributed by atoms with Gasteiger partial charge in [0.15, 0.2) is 6.17 Å². The van der Waals surface area contributed by atoms with Crippen molar-refractivity contribution in [2.45, 2.75) is 18.5 Å². The number of ether oxygens (including phenoxy) is 1. The molecule has 0 amide bonds. The van der Waals surface area contributed by atoms with E-state index in [0.29, 0.717) is 29.3 Å². The Bertz CT molecular complexity index is 1050. The number of nitrogens with one attached hydrogen (secondary N) is 1. The molecule has 2 aliphatic carbocycles. The molecule has 4 unspecified atom stereocenters. The van der Waals surface area contributed by atoms with Gasteiger partial charge in [-0.1, -0.05) is 60.7 Å². The predicted octanol–water partition coefficient (Wildman–Crippen LogP) is 3.77. The molecular weight excluding hydrogens is 362 g/mol. The van der Waals surface area contributed by atoms with Crippen molar-refractivity contribution in [2.24, 2.45) is 21.8 Å². The number of phenols is 1. The number of hydrogen-bond acceptors (Lipinski definition) is 5. The smallest absolute Gasteiger partial charge is 0.292 e. The van der Waals surface area contributed by atoms with Crippen LogP contribution in [0.5, 0.6) is 5.75 Å². The Balaban J connectivity index is 1.57. The van der Waals surface area contributed by atoms with Gasteiger partial charge in [0, 0.05) is 11.8 Å². The molecule has 2 N–H and O–H groups in total. The number of para-hydroxylation sites is 1. The van der Waals surface area contributed by atoms with Crippen LogP contribution in [0.1, 0.15) is 22.6 Å². The average Bonchev–Trinajstić information content (AvgIpc) is 2.78. The van der Waals surface area contributed by atoms with Crippen molar-refractivity contribution in [1.29, 1.82) is 0 Å². The minimum atomic E-state index is -0.294. The number of methoxy groups -OCH3 is 1. The number of nitrogens with zero attached hydrogens (tertiary/aromatic N) is 2. The molecule has 4 atom stereocenters. The Labute approximate surface area is 170 Å². The van der Waals surface area contributed by atoms with Gasteiger partial charge in [-0.15, -0.1) is 0 Å². The first-order valence-corrected chi connectivity index (χ1v) is 9.92. The highest BCUT2D eigenvalue weighted by atomic mass is 16.5. The van der Waals surface area contributed by atoms with Crippen LogP contribution in [0.4, 0.5) is 0 Å². The summed E-state index contributed by atoms with van der Waals surface area (Å²) in [5.41, 5.74) is 3.39. The molecule has 0 spiro atoms. The zero-order valence-electron chi connectivity index (χ0n) is 16.2. The molecule has 1 aliphatic heterocycles. The van der Waals surface area contributed by atoms with Crippen molar-refractivity contribution in [3.05, 3.63) is 89.5 Å². The lowest BCUT2D eigenvalue weighted by Gasteiger charge is -2.40. The van der Waals surface area contributed by atoms with Crippen molar-refractivity contribution in [1.82, 2.24) is 5.32 Å². The normalized spacial score (nSPS) is 27.2. The highest BCUT2D eigenvalue weighted by Gasteiger charge is 2.40. The fraction of sp³-hybridized carbons (Fsp3) is 0.250. The summed E-state index contributed by atoms with van der Waals surface area (Å²) in [6.45, 7) is 0. The SMILES string of the molecule is COC1=NC(C2Cc3ccccc3C3C=CC=CC32)N=C(c2ccccc2O)N1. The van der Waals surface area contributed by atoms with Crippen LogP contribution in [-0.4, -0.2) is 30.2 Å². The minimum Gasteiger partial charge on any atom is -0.507 e. The second kappa shape index (κ2) is 7.24. The molecule has 0 saturated carbocycles. The topological polar surface area (TPSA) is 66.2 Å². The second-order valence-corrected chi connectivity index (χ2v) is 7.61. The maximum absolute atomic E-state index is 10.3. The summed E-state index contributed by atoms with van der Waals surface area (Å²) in [5, 5.41) is 13.4. The van der Waals surface area contributed by atoms with E-state index in [9.17, 15) is 5.11 Å². The van der Waals surface area contributed by atoms with Gasteiger partial charge in [0.05, 0.1) is 12.7 Å². The fourth-order valence-electron chi connectivity index (χ4n) is 4.64. The molecule has 29 heavy (non-hydrogen) atoms. The van der Waals surface area contributed by atoms with E-state index in [2.05, 4.69) is 53.9 Å². The molecule has 1 heterocycles. The van der Waals surface area contributed by atoms with Crippen molar-refractivity contribution < 1.29 is 9.84 Å². The third-order valence-electron chi connectivity index (χ3n) is 6.01. The number of amidine groups is 2. The standard InChI is InChI=1S/C24H23N3O2/c1-29-24-26-22(19-12-6-7-13-21(19)28)25-23(27-24)20-14-15-8-2-3-9-16(15)17-10-4-5-11-18(17)20/h2-13,17-18,20,23,28H,14H2,1H3,(H,25,26,27). The van der Waals surface area contributed by atoms with Crippen molar-refractivity contribution in [3.63, 3.8) is 0 Å². The molecule has 5 rings (SSSR count). The minimum absolute atomic E-state index is 0.183. The van der Waals surface area contributed by atoms with Crippen molar-refractivity contribution in [3.8, 4) is 5.75 Å². The summed E-state index contributed by atoms with van der Waals surface area (Å²) in [7, 11) is 1.60. The van der Waals surface area contributed by atoms with E-state index >= 15 is 0 Å². The van der Waals surface area contributed by atoms with Crippen LogP contribution in [0, 0.1) is 11.8 Å². The Morgan fingerprint density at radius 1 is 1.00 bits per heavy atom. The molecule has 5 heteroatoms. The van der Waals surface area contributed by atoms with Crippen LogP contribution < -0.4 is 5.32 Å². The lowest BCUT2D eigenvalue weighted by atomic mass is 9.66. The average molecular weight is 385 g/mol. The molecule has 5 nitrogen and oxygen atoms in total. The van der Waals surface area contributed by atoms with E-state index in [0.717, 1.165) is 6.42 Å². The summed E-state index contributed by atoms with van der Waals surface area (Å²) < 4.78 is 5.45. The summed E-state index contributed by atoms with van der Waals surface area (Å²) >= 11 is 0. The highest BCUT2D eigenvalue weighted by molar-refractivity contribution is 6.10. The van der Waals surface area contributed by atoms with E-state index in [-0.39, 0.29) is 17.8 Å². The van der Waals surface area contributed by atoms with Gasteiger partial charge in [0.25, 0.3) is 6.02 Å². The summed E-state index contributed by atoms with van der Waals surface area (Å²) in [5.74, 6) is 1.61. The molecule has 0 bridgehead atoms. The van der Waals surface area contributed by atoms with Crippen molar-refractivity contribution in [2.75, 3.05) is 7.11 Å². The number of fused-ring (bicyclic) bond motifs is 3. The zero-order chi connectivity index (χ0) is 19.8. The summed E-state index contributed by atoms with van der Waals surface area (Å²) in [4.78, 5) is 9.67. The molecule has 0 radical (unpaired) electrons. The molecule has 0 aromatic heterocycles. The third kappa shape index (κ3) is 3.12. The van der Waals surface area contributed by atoms with Crippen LogP contribution in [0.15, 0.2) is 82.8 Å². The van der Waals surface area contributed by atoms with E-state index in [1.807, 2.05) is 12.1 Å². The lowest BCUT2D eigenvalue weighted by Crippen LogP contribution is -2.43. The number of allylic oxidation sites excluding steroid dienone is 4. The summed E-state index contributed by atoms with van der Waals surface area (Å²) in [6, 6.07) is 16.3. The first kappa shape index (κ1) is 17.7. The first-order chi connectivity index (χ1) is 14.2. The van der Waals surface area contributed by atoms with Gasteiger partial charge in [-0.3, -0.25) is 5.32 Å². The van der Waals surface area contributed by atoms with E-state index in [4.69, 9.17) is 14.7 Å². The van der Waals surface area contributed by atoms with Crippen LogP contribution in [-0.2, 0) is 11.2 Å². The van der Waals surface area contributed by atoms with Gasteiger partial charge in [-0.2, -0.15) is 0 Å². The Kier molecular flexibility index (Phi) is 4.43. The third-order valence-corrected chi connectivity index (χ3v) is 6.01. The lowest BCUT2D eigenvalue weighted by molar-refractivity contribution is 0.281. The number of aromatic hydroxyl groups is 1. The predicted molar refractivity (Wildman–Crippen MR) is 114 cm³/mol. The van der Waals surface area contributed by atoms with Gasteiger partial charge in [-0.05, 0) is 35.6 Å². The Morgan fingerprint density at radius 3 is 2.66 bits per heavy atom. The van der Waals surface area contributed by atoms with Gasteiger partial charge in [-0.25, -0.2) is 9.98 Å². The molecule has 0 saturated heterocycles. The molecular formula is C24H23N3O2. The van der Waals surface area contributed by atoms with Crippen LogP contribution in [0.3, 0.4) is 0 Å². The molecule has 146 valence electrons. The van der Waals surface area contributed by atoms with Gasteiger partial charge >= 0.3 is 0 Å². The monoisotopic (exact) mass is 385 g/mol. The van der Waals surface area contributed by atoms with Gasteiger partial charge < -0.3 is 9.84 Å². The highest BCUT2D eigenvalue weighted by Crippen LogP contribution is 2.45. The van der Waals surface area contributed by atoms with Crippen molar-refractivity contribution >= 4 is 11.9 Å². The quantitative estimate of drug-likeness (QED) is 0.827. The Hall–Kier alpha value is -3.34. The second-order valence-electron chi connectivity index (χ2n) is 7.61. The fourth-order valence-corrected chi connectivity index (χ4v) is 4.64. The number of rotatable bonds is 2. The van der Waals surface area contributed by atoms with Gasteiger partial charge in [0.2, 0.25) is 0 Å². The maximum Gasteiger partial charge on any atom is 0.292 e. The molecule has 2 aromatic rings. The summed E-state index contributed by atoms with van der Waals surface area (Å²) in [6.07, 6.45) is 9.42. The first-order valence-electron chi connectivity index (χ1n) is 9.92. The van der Waals surface area contributed by atoms with E-state index in [1.165, 1.54) is 11.1 Å².